The number of thiazole rings is 1. The van der Waals surface area contributed by atoms with Crippen LogP contribution in [-0.2, 0) is 11.2 Å². The smallest absolute Gasteiger partial charge is 0.0817 e. The predicted molar refractivity (Wildman–Crippen MR) is 58.5 cm³/mol. The molecular formula is C9H17N3OS. The lowest BCUT2D eigenvalue weighted by Gasteiger charge is -2.13. The maximum atomic E-state index is 5.48. The topological polar surface area (TPSA) is 60.2 Å². The maximum Gasteiger partial charge on any atom is 0.0817 e. The van der Waals surface area contributed by atoms with Gasteiger partial charge in [-0.05, 0) is 0 Å². The van der Waals surface area contributed by atoms with Crippen LogP contribution in [0.15, 0.2) is 10.9 Å². The number of hydrogen-bond acceptors (Lipinski definition) is 5. The molecule has 0 radical (unpaired) electrons. The van der Waals surface area contributed by atoms with Crippen LogP contribution in [-0.4, -0.2) is 37.8 Å². The lowest BCUT2D eigenvalue weighted by molar-refractivity contribution is 0.109. The van der Waals surface area contributed by atoms with E-state index in [1.54, 1.807) is 18.4 Å². The van der Waals surface area contributed by atoms with Crippen molar-refractivity contribution in [2.45, 2.75) is 12.5 Å². The van der Waals surface area contributed by atoms with E-state index in [0.717, 1.165) is 25.2 Å². The summed E-state index contributed by atoms with van der Waals surface area (Å²) in [5.74, 6) is 0. The van der Waals surface area contributed by atoms with Gasteiger partial charge in [-0.1, -0.05) is 0 Å². The third-order valence-electron chi connectivity index (χ3n) is 2.01. The number of methoxy groups -OCH3 is 1. The Balaban J connectivity index is 2.04. The van der Waals surface area contributed by atoms with Gasteiger partial charge in [0, 0.05) is 38.5 Å². The van der Waals surface area contributed by atoms with Gasteiger partial charge >= 0.3 is 0 Å². The minimum absolute atomic E-state index is 0.116. The minimum atomic E-state index is 0.116. The molecule has 4 nitrogen and oxygen atoms in total. The summed E-state index contributed by atoms with van der Waals surface area (Å²) in [5, 5.41) is 5.35. The Hall–Kier alpha value is -0.490. The van der Waals surface area contributed by atoms with Gasteiger partial charge in [0.1, 0.15) is 0 Å². The molecular weight excluding hydrogens is 198 g/mol. The van der Waals surface area contributed by atoms with Gasteiger partial charge in [-0.3, -0.25) is 0 Å². The molecule has 0 fully saturated rings. The van der Waals surface area contributed by atoms with Crippen LogP contribution in [0.3, 0.4) is 0 Å². The van der Waals surface area contributed by atoms with Crippen LogP contribution in [0.2, 0.25) is 0 Å². The van der Waals surface area contributed by atoms with Gasteiger partial charge in [-0.2, -0.15) is 0 Å². The normalized spacial score (nSPS) is 13.0. The number of rotatable bonds is 7. The summed E-state index contributed by atoms with van der Waals surface area (Å²) in [4.78, 5) is 4.20. The molecule has 0 amide bonds. The SMILES string of the molecule is COC(CN)CNCCc1cscn1. The Morgan fingerprint density at radius 3 is 3.14 bits per heavy atom. The van der Waals surface area contributed by atoms with Crippen LogP contribution in [0.1, 0.15) is 5.69 Å². The zero-order valence-corrected chi connectivity index (χ0v) is 9.22. The van der Waals surface area contributed by atoms with Crippen molar-refractivity contribution in [3.8, 4) is 0 Å². The summed E-state index contributed by atoms with van der Waals surface area (Å²) >= 11 is 1.63. The highest BCUT2D eigenvalue weighted by atomic mass is 32.1. The van der Waals surface area contributed by atoms with Crippen LogP contribution in [0.4, 0.5) is 0 Å². The number of nitrogens with one attached hydrogen (secondary N) is 1. The van der Waals surface area contributed by atoms with Crippen LogP contribution in [0, 0.1) is 0 Å². The Morgan fingerprint density at radius 1 is 1.71 bits per heavy atom. The average Bonchev–Trinajstić information content (AvgIpc) is 2.71. The first-order valence-corrected chi connectivity index (χ1v) is 5.61. The molecule has 5 heteroatoms. The molecule has 1 aromatic heterocycles. The molecule has 80 valence electrons. The van der Waals surface area contributed by atoms with E-state index in [1.807, 2.05) is 5.51 Å². The molecule has 0 saturated heterocycles. The fourth-order valence-electron chi connectivity index (χ4n) is 1.10. The van der Waals surface area contributed by atoms with Gasteiger partial charge in [0.25, 0.3) is 0 Å². The molecule has 0 aliphatic carbocycles. The van der Waals surface area contributed by atoms with Gasteiger partial charge in [0.2, 0.25) is 0 Å². The van der Waals surface area contributed by atoms with Gasteiger partial charge in [0.05, 0.1) is 17.3 Å². The van der Waals surface area contributed by atoms with Crippen molar-refractivity contribution in [3.05, 3.63) is 16.6 Å². The highest BCUT2D eigenvalue weighted by molar-refractivity contribution is 7.07. The van der Waals surface area contributed by atoms with Crippen molar-refractivity contribution >= 4 is 11.3 Å². The monoisotopic (exact) mass is 215 g/mol. The fraction of sp³-hybridized carbons (Fsp3) is 0.667. The molecule has 1 unspecified atom stereocenters. The van der Waals surface area contributed by atoms with E-state index in [4.69, 9.17) is 10.5 Å². The number of nitrogens with two attached hydrogens (primary N) is 1. The van der Waals surface area contributed by atoms with Crippen molar-refractivity contribution in [3.63, 3.8) is 0 Å². The lowest BCUT2D eigenvalue weighted by atomic mass is 10.3. The summed E-state index contributed by atoms with van der Waals surface area (Å²) in [6.07, 6.45) is 1.08. The van der Waals surface area contributed by atoms with E-state index in [-0.39, 0.29) is 6.10 Å². The highest BCUT2D eigenvalue weighted by Gasteiger charge is 2.02. The predicted octanol–water partition coefficient (Wildman–Crippen LogP) is 0.249. The summed E-state index contributed by atoms with van der Waals surface area (Å²) in [7, 11) is 1.68. The first-order valence-electron chi connectivity index (χ1n) is 4.67. The molecule has 0 spiro atoms. The molecule has 3 N–H and O–H groups in total. The van der Waals surface area contributed by atoms with Gasteiger partial charge in [-0.15, -0.1) is 11.3 Å². The fourth-order valence-corrected chi connectivity index (χ4v) is 1.70. The van der Waals surface area contributed by atoms with Crippen LogP contribution < -0.4 is 11.1 Å². The Kier molecular flexibility index (Phi) is 5.70. The van der Waals surface area contributed by atoms with Crippen molar-refractivity contribution < 1.29 is 4.74 Å². The van der Waals surface area contributed by atoms with Gasteiger partial charge < -0.3 is 15.8 Å². The molecule has 14 heavy (non-hydrogen) atoms. The Labute approximate surface area is 88.5 Å². The molecule has 0 aliphatic heterocycles. The third kappa shape index (κ3) is 4.15. The second kappa shape index (κ2) is 6.89. The van der Waals surface area contributed by atoms with Crippen molar-refractivity contribution in [1.29, 1.82) is 0 Å². The van der Waals surface area contributed by atoms with Crippen LogP contribution in [0.5, 0.6) is 0 Å². The Morgan fingerprint density at radius 2 is 2.57 bits per heavy atom. The average molecular weight is 215 g/mol. The number of hydrogen-bond donors (Lipinski definition) is 2. The summed E-state index contributed by atoms with van der Waals surface area (Å²) in [5.41, 5.74) is 8.48. The summed E-state index contributed by atoms with van der Waals surface area (Å²) < 4.78 is 5.14. The van der Waals surface area contributed by atoms with E-state index in [0.29, 0.717) is 6.54 Å². The second-order valence-electron chi connectivity index (χ2n) is 3.03. The molecule has 0 aromatic carbocycles. The van der Waals surface area contributed by atoms with Crippen LogP contribution >= 0.6 is 11.3 Å². The first kappa shape index (κ1) is 11.6. The highest BCUT2D eigenvalue weighted by Crippen LogP contribution is 2.00. The van der Waals surface area contributed by atoms with Crippen LogP contribution in [0.25, 0.3) is 0 Å². The van der Waals surface area contributed by atoms with Crippen molar-refractivity contribution in [1.82, 2.24) is 10.3 Å². The van der Waals surface area contributed by atoms with Gasteiger partial charge in [0.15, 0.2) is 0 Å². The van der Waals surface area contributed by atoms with E-state index in [9.17, 15) is 0 Å². The first-order chi connectivity index (χ1) is 6.86. The molecule has 1 heterocycles. The molecule has 1 aromatic rings. The van der Waals surface area contributed by atoms with E-state index < -0.39 is 0 Å². The van der Waals surface area contributed by atoms with E-state index in [2.05, 4.69) is 15.7 Å². The Bertz CT molecular complexity index is 224. The molecule has 0 saturated carbocycles. The second-order valence-corrected chi connectivity index (χ2v) is 3.75. The summed E-state index contributed by atoms with van der Waals surface area (Å²) in [6.45, 7) is 2.28. The maximum absolute atomic E-state index is 5.48. The quantitative estimate of drug-likeness (QED) is 0.640. The number of ether oxygens (including phenoxy) is 1. The standard InChI is InChI=1S/C9H17N3OS/c1-13-9(4-10)5-11-3-2-8-6-14-7-12-8/h6-7,9,11H,2-5,10H2,1H3. The van der Waals surface area contributed by atoms with Crippen molar-refractivity contribution in [2.75, 3.05) is 26.7 Å². The van der Waals surface area contributed by atoms with Gasteiger partial charge in [-0.25, -0.2) is 4.98 Å². The zero-order chi connectivity index (χ0) is 10.2. The number of aromatic nitrogens is 1. The largest absolute Gasteiger partial charge is 0.379 e. The molecule has 0 aliphatic rings. The lowest BCUT2D eigenvalue weighted by Crippen LogP contribution is -2.35. The van der Waals surface area contributed by atoms with Crippen molar-refractivity contribution in [2.24, 2.45) is 5.73 Å². The van der Waals surface area contributed by atoms with E-state index in [1.165, 1.54) is 0 Å². The zero-order valence-electron chi connectivity index (χ0n) is 8.40. The molecule has 1 atom stereocenters. The minimum Gasteiger partial charge on any atom is -0.379 e. The van der Waals surface area contributed by atoms with E-state index >= 15 is 0 Å². The third-order valence-corrected chi connectivity index (χ3v) is 2.64. The molecule has 1 rings (SSSR count). The number of nitrogens with zero attached hydrogens (tertiary/aromatic N) is 1. The summed E-state index contributed by atoms with van der Waals surface area (Å²) in [6, 6.07) is 0. The molecule has 0 bridgehead atoms.